The minimum atomic E-state index is -0.868. The number of aryl methyl sites for hydroxylation is 1. The second-order valence-corrected chi connectivity index (χ2v) is 7.23. The van der Waals surface area contributed by atoms with Crippen molar-refractivity contribution < 1.29 is 19.7 Å². The summed E-state index contributed by atoms with van der Waals surface area (Å²) in [5.41, 5.74) is 1.84. The van der Waals surface area contributed by atoms with E-state index in [1.54, 1.807) is 4.40 Å². The summed E-state index contributed by atoms with van der Waals surface area (Å²) in [5, 5.41) is 18.4. The Balaban J connectivity index is 1.76. The fraction of sp³-hybridized carbons (Fsp3) is 0.600. The lowest BCUT2D eigenvalue weighted by Crippen LogP contribution is -2.16. The zero-order valence-electron chi connectivity index (χ0n) is 15.4. The Hall–Kier alpha value is -1.92. The van der Waals surface area contributed by atoms with Crippen LogP contribution in [0.5, 0.6) is 5.75 Å². The van der Waals surface area contributed by atoms with E-state index in [0.29, 0.717) is 35.3 Å². The van der Waals surface area contributed by atoms with Gasteiger partial charge in [0.2, 0.25) is 0 Å². The molecule has 1 saturated carbocycles. The second-order valence-electron chi connectivity index (χ2n) is 7.23. The standard InChI is InChI=1S/C20H28N2O4/c1-14-19(17(25)10-9-16(24)12-23)22-11-5-8-18(20(22)21-14)26-13-15-6-3-2-4-7-15/h5,8,11,15-16,23-24H,2-4,6-7,9-10,12-13H2,1H3/t16-/m1/s1. The Labute approximate surface area is 153 Å². The van der Waals surface area contributed by atoms with E-state index in [2.05, 4.69) is 4.98 Å². The number of hydrogen-bond acceptors (Lipinski definition) is 5. The molecule has 26 heavy (non-hydrogen) atoms. The summed E-state index contributed by atoms with van der Waals surface area (Å²) in [6.45, 7) is 2.17. The summed E-state index contributed by atoms with van der Waals surface area (Å²) in [5.74, 6) is 1.21. The van der Waals surface area contributed by atoms with Crippen molar-refractivity contribution in [3.63, 3.8) is 0 Å². The molecule has 0 unspecified atom stereocenters. The average molecular weight is 360 g/mol. The van der Waals surface area contributed by atoms with E-state index in [-0.39, 0.29) is 25.2 Å². The van der Waals surface area contributed by atoms with Crippen LogP contribution in [0.4, 0.5) is 0 Å². The van der Waals surface area contributed by atoms with E-state index in [1.807, 2.05) is 25.3 Å². The minimum absolute atomic E-state index is 0.0908. The highest BCUT2D eigenvalue weighted by atomic mass is 16.5. The zero-order valence-corrected chi connectivity index (χ0v) is 15.4. The van der Waals surface area contributed by atoms with E-state index in [1.165, 1.54) is 32.1 Å². The quantitative estimate of drug-likeness (QED) is 0.707. The van der Waals surface area contributed by atoms with Gasteiger partial charge in [0.1, 0.15) is 5.69 Å². The molecule has 6 heteroatoms. The fourth-order valence-corrected chi connectivity index (χ4v) is 3.67. The molecule has 142 valence electrons. The molecule has 0 aliphatic heterocycles. The second kappa shape index (κ2) is 8.64. The minimum Gasteiger partial charge on any atom is -0.489 e. The number of fused-ring (bicyclic) bond motifs is 1. The third kappa shape index (κ3) is 4.24. The Bertz CT molecular complexity index is 750. The summed E-state index contributed by atoms with van der Waals surface area (Å²) < 4.78 is 7.83. The van der Waals surface area contributed by atoms with E-state index in [9.17, 15) is 9.90 Å². The molecular formula is C20H28N2O4. The number of carbonyl (C=O) groups excluding carboxylic acids is 1. The van der Waals surface area contributed by atoms with Crippen molar-refractivity contribution in [2.24, 2.45) is 5.92 Å². The lowest BCUT2D eigenvalue weighted by atomic mass is 9.90. The van der Waals surface area contributed by atoms with Gasteiger partial charge in [-0.2, -0.15) is 0 Å². The van der Waals surface area contributed by atoms with E-state index >= 15 is 0 Å². The van der Waals surface area contributed by atoms with Crippen LogP contribution >= 0.6 is 0 Å². The van der Waals surface area contributed by atoms with E-state index in [4.69, 9.17) is 9.84 Å². The number of aliphatic hydroxyl groups excluding tert-OH is 2. The Morgan fingerprint density at radius 2 is 2.15 bits per heavy atom. The van der Waals surface area contributed by atoms with Crippen molar-refractivity contribution >= 4 is 11.4 Å². The highest BCUT2D eigenvalue weighted by molar-refractivity contribution is 5.96. The van der Waals surface area contributed by atoms with E-state index in [0.717, 1.165) is 0 Å². The normalized spacial score (nSPS) is 16.7. The maximum Gasteiger partial charge on any atom is 0.181 e. The third-order valence-corrected chi connectivity index (χ3v) is 5.17. The molecule has 0 bridgehead atoms. The van der Waals surface area contributed by atoms with Crippen LogP contribution in [0.15, 0.2) is 18.3 Å². The first-order chi connectivity index (χ1) is 12.6. The average Bonchev–Trinajstić information content (AvgIpc) is 3.01. The van der Waals surface area contributed by atoms with Gasteiger partial charge in [0.05, 0.1) is 25.0 Å². The highest BCUT2D eigenvalue weighted by Gasteiger charge is 2.20. The summed E-state index contributed by atoms with van der Waals surface area (Å²) >= 11 is 0. The van der Waals surface area contributed by atoms with Crippen molar-refractivity contribution in [1.82, 2.24) is 9.38 Å². The van der Waals surface area contributed by atoms with Crippen LogP contribution in [-0.4, -0.2) is 44.7 Å². The molecule has 0 spiro atoms. The number of pyridine rings is 1. The molecule has 1 aliphatic carbocycles. The Morgan fingerprint density at radius 1 is 1.38 bits per heavy atom. The largest absolute Gasteiger partial charge is 0.489 e. The number of imidazole rings is 1. The molecule has 2 aromatic heterocycles. The molecule has 2 N–H and O–H groups in total. The molecule has 2 aromatic rings. The van der Waals surface area contributed by atoms with Gasteiger partial charge in [0.15, 0.2) is 17.2 Å². The van der Waals surface area contributed by atoms with Gasteiger partial charge in [-0.05, 0) is 44.2 Å². The van der Waals surface area contributed by atoms with E-state index < -0.39 is 6.10 Å². The van der Waals surface area contributed by atoms with Crippen LogP contribution < -0.4 is 4.74 Å². The number of rotatable bonds is 8. The summed E-state index contributed by atoms with van der Waals surface area (Å²) in [7, 11) is 0. The molecule has 3 rings (SSSR count). The predicted molar refractivity (Wildman–Crippen MR) is 98.7 cm³/mol. The Kier molecular flexibility index (Phi) is 6.27. The van der Waals surface area contributed by atoms with Gasteiger partial charge in [-0.25, -0.2) is 4.98 Å². The molecular weight excluding hydrogens is 332 g/mol. The third-order valence-electron chi connectivity index (χ3n) is 5.17. The monoisotopic (exact) mass is 360 g/mol. The summed E-state index contributed by atoms with van der Waals surface area (Å²) in [4.78, 5) is 17.1. The van der Waals surface area contributed by atoms with Crippen molar-refractivity contribution in [2.45, 2.75) is 58.0 Å². The first-order valence-electron chi connectivity index (χ1n) is 9.52. The highest BCUT2D eigenvalue weighted by Crippen LogP contribution is 2.27. The number of ketones is 1. The molecule has 6 nitrogen and oxygen atoms in total. The number of aromatic nitrogens is 2. The molecule has 2 heterocycles. The summed E-state index contributed by atoms with van der Waals surface area (Å²) in [6, 6.07) is 3.76. The Morgan fingerprint density at radius 3 is 2.88 bits per heavy atom. The molecule has 1 aliphatic rings. The lowest BCUT2D eigenvalue weighted by molar-refractivity contribution is 0.0776. The van der Waals surface area contributed by atoms with Crippen molar-refractivity contribution in [1.29, 1.82) is 0 Å². The predicted octanol–water partition coefficient (Wildman–Crippen LogP) is 2.92. The SMILES string of the molecule is Cc1nc2c(OCC3CCCCC3)cccn2c1C(=O)CC[C@@H](O)CO. The van der Waals surface area contributed by atoms with Crippen LogP contribution in [0.1, 0.15) is 61.1 Å². The van der Waals surface area contributed by atoms with Crippen molar-refractivity contribution in [3.05, 3.63) is 29.7 Å². The molecule has 0 radical (unpaired) electrons. The van der Waals surface area contributed by atoms with Gasteiger partial charge < -0.3 is 14.9 Å². The van der Waals surface area contributed by atoms with Crippen LogP contribution in [0, 0.1) is 12.8 Å². The van der Waals surface area contributed by atoms with Crippen molar-refractivity contribution in [2.75, 3.05) is 13.2 Å². The number of aliphatic hydroxyl groups is 2. The molecule has 1 fully saturated rings. The number of Topliss-reactive ketones (excluding diaryl/α,β-unsaturated/α-hetero) is 1. The number of carbonyl (C=O) groups is 1. The van der Waals surface area contributed by atoms with Gasteiger partial charge in [0, 0.05) is 12.6 Å². The van der Waals surface area contributed by atoms with Crippen LogP contribution in [-0.2, 0) is 0 Å². The number of ether oxygens (including phenoxy) is 1. The molecule has 0 amide bonds. The molecule has 0 aromatic carbocycles. The van der Waals surface area contributed by atoms with Gasteiger partial charge in [0.25, 0.3) is 0 Å². The van der Waals surface area contributed by atoms with Crippen LogP contribution in [0.2, 0.25) is 0 Å². The molecule has 1 atom stereocenters. The van der Waals surface area contributed by atoms with Gasteiger partial charge in [-0.3, -0.25) is 9.20 Å². The topological polar surface area (TPSA) is 84.1 Å². The van der Waals surface area contributed by atoms with Crippen LogP contribution in [0.3, 0.4) is 0 Å². The first-order valence-corrected chi connectivity index (χ1v) is 9.52. The van der Waals surface area contributed by atoms with Crippen molar-refractivity contribution in [3.8, 4) is 5.75 Å². The van der Waals surface area contributed by atoms with Crippen LogP contribution in [0.25, 0.3) is 5.65 Å². The lowest BCUT2D eigenvalue weighted by Gasteiger charge is -2.21. The summed E-state index contributed by atoms with van der Waals surface area (Å²) in [6.07, 6.45) is 7.66. The fourth-order valence-electron chi connectivity index (χ4n) is 3.67. The maximum absolute atomic E-state index is 12.6. The van der Waals surface area contributed by atoms with Gasteiger partial charge in [-0.15, -0.1) is 0 Å². The molecule has 0 saturated heterocycles. The smallest absolute Gasteiger partial charge is 0.181 e. The van der Waals surface area contributed by atoms with Gasteiger partial charge >= 0.3 is 0 Å². The number of hydrogen-bond donors (Lipinski definition) is 2. The number of nitrogens with zero attached hydrogens (tertiary/aromatic N) is 2. The van der Waals surface area contributed by atoms with Gasteiger partial charge in [-0.1, -0.05) is 19.3 Å². The first kappa shape index (κ1) is 18.9. The maximum atomic E-state index is 12.6. The zero-order chi connectivity index (χ0) is 18.5.